The van der Waals surface area contributed by atoms with E-state index >= 15 is 0 Å². The highest BCUT2D eigenvalue weighted by Gasteiger charge is 2.24. The number of rotatable bonds is 4. The van der Waals surface area contributed by atoms with Crippen molar-refractivity contribution in [1.82, 2.24) is 28.9 Å². The van der Waals surface area contributed by atoms with Gasteiger partial charge in [0, 0.05) is 30.5 Å². The maximum absolute atomic E-state index is 13.7. The quantitative estimate of drug-likeness (QED) is 0.408. The van der Waals surface area contributed by atoms with Gasteiger partial charge in [0.1, 0.15) is 11.1 Å². The lowest BCUT2D eigenvalue weighted by Gasteiger charge is -2.20. The highest BCUT2D eigenvalue weighted by Crippen LogP contribution is 2.21. The zero-order valence-electron chi connectivity index (χ0n) is 18.6. The van der Waals surface area contributed by atoms with Gasteiger partial charge in [0.15, 0.2) is 11.5 Å². The van der Waals surface area contributed by atoms with Crippen LogP contribution in [0.15, 0.2) is 72.0 Å². The van der Waals surface area contributed by atoms with Crippen molar-refractivity contribution in [2.75, 3.05) is 5.73 Å². The normalized spacial score (nSPS) is 11.8. The standard InChI is InChI=1S/C25H21N7O2/c1-3-8-17-11-14-30-15-19(32(25(34)21(17)30)18-9-5-4-6-10-18)16(2)28-24(33)20-22(26)29-31-13-7-12-27-23(20)31/h4-7,9-16H,1-2H3,(H2,26,29)(H,28,33)/t16-/m0/s1. The van der Waals surface area contributed by atoms with Gasteiger partial charge in [0.2, 0.25) is 0 Å². The molecule has 0 saturated carbocycles. The van der Waals surface area contributed by atoms with Gasteiger partial charge in [-0.2, -0.15) is 0 Å². The van der Waals surface area contributed by atoms with Gasteiger partial charge in [-0.05, 0) is 38.1 Å². The maximum Gasteiger partial charge on any atom is 0.280 e. The van der Waals surface area contributed by atoms with Crippen LogP contribution in [-0.4, -0.2) is 29.5 Å². The van der Waals surface area contributed by atoms with E-state index in [2.05, 4.69) is 27.2 Å². The Labute approximate surface area is 194 Å². The number of nitrogens with zero attached hydrogens (tertiary/aromatic N) is 5. The molecule has 3 N–H and O–H groups in total. The van der Waals surface area contributed by atoms with Crippen LogP contribution in [0.25, 0.3) is 16.9 Å². The van der Waals surface area contributed by atoms with E-state index in [4.69, 9.17) is 5.73 Å². The molecule has 0 bridgehead atoms. The van der Waals surface area contributed by atoms with Gasteiger partial charge in [0.05, 0.1) is 17.3 Å². The molecule has 168 valence electrons. The average Bonchev–Trinajstić information content (AvgIpc) is 3.39. The van der Waals surface area contributed by atoms with Crippen molar-refractivity contribution in [1.29, 1.82) is 0 Å². The molecule has 0 aliphatic carbocycles. The molecule has 0 aliphatic heterocycles. The van der Waals surface area contributed by atoms with Gasteiger partial charge >= 0.3 is 0 Å². The van der Waals surface area contributed by atoms with E-state index in [1.54, 1.807) is 46.6 Å². The minimum atomic E-state index is -0.550. The second-order valence-electron chi connectivity index (χ2n) is 7.73. The zero-order valence-corrected chi connectivity index (χ0v) is 18.6. The topological polar surface area (TPSA) is 112 Å². The van der Waals surface area contributed by atoms with E-state index in [9.17, 15) is 9.59 Å². The average molecular weight is 451 g/mol. The van der Waals surface area contributed by atoms with Crippen LogP contribution in [-0.2, 0) is 0 Å². The lowest BCUT2D eigenvalue weighted by Crippen LogP contribution is -2.33. The molecule has 0 fully saturated rings. The summed E-state index contributed by atoms with van der Waals surface area (Å²) in [6.45, 7) is 3.54. The van der Waals surface area contributed by atoms with E-state index in [1.165, 1.54) is 4.52 Å². The Balaban J connectivity index is 1.64. The summed E-state index contributed by atoms with van der Waals surface area (Å²) in [6, 6.07) is 12.2. The molecule has 5 rings (SSSR count). The number of hydrogen-bond acceptors (Lipinski definition) is 5. The predicted molar refractivity (Wildman–Crippen MR) is 129 cm³/mol. The Hall–Kier alpha value is -4.84. The number of fused-ring (bicyclic) bond motifs is 2. The lowest BCUT2D eigenvalue weighted by molar-refractivity contribution is 0.0941. The van der Waals surface area contributed by atoms with Gasteiger partial charge in [-0.3, -0.25) is 14.2 Å². The number of aromatic nitrogens is 5. The van der Waals surface area contributed by atoms with Crippen molar-refractivity contribution in [3.8, 4) is 17.5 Å². The fourth-order valence-corrected chi connectivity index (χ4v) is 4.05. The molecule has 0 radical (unpaired) electrons. The molecule has 5 aromatic rings. The summed E-state index contributed by atoms with van der Waals surface area (Å²) in [5.74, 6) is 5.48. The number of amides is 1. The second kappa shape index (κ2) is 8.26. The number of para-hydroxylation sites is 1. The summed E-state index contributed by atoms with van der Waals surface area (Å²) in [5.41, 5.74) is 8.70. The van der Waals surface area contributed by atoms with E-state index in [-0.39, 0.29) is 16.9 Å². The maximum atomic E-state index is 13.7. The first-order valence-corrected chi connectivity index (χ1v) is 10.6. The van der Waals surface area contributed by atoms with Gasteiger partial charge in [-0.1, -0.05) is 24.1 Å². The largest absolute Gasteiger partial charge is 0.381 e. The monoisotopic (exact) mass is 451 g/mol. The minimum absolute atomic E-state index is 0.0764. The third-order valence-electron chi connectivity index (χ3n) is 5.57. The van der Waals surface area contributed by atoms with E-state index < -0.39 is 11.9 Å². The van der Waals surface area contributed by atoms with E-state index in [0.717, 1.165) is 0 Å². The molecule has 1 aromatic carbocycles. The SMILES string of the molecule is CC#Cc1ccn2cc([C@H](C)NC(=O)c3c(N)nn4cccnc34)n(-c3ccccc3)c(=O)c12. The smallest absolute Gasteiger partial charge is 0.280 e. The molecule has 0 saturated heterocycles. The third kappa shape index (κ3) is 3.38. The molecule has 0 unspecified atom stereocenters. The van der Waals surface area contributed by atoms with E-state index in [0.29, 0.717) is 28.1 Å². The molecule has 0 aliphatic rings. The van der Waals surface area contributed by atoms with Crippen LogP contribution >= 0.6 is 0 Å². The summed E-state index contributed by atoms with van der Waals surface area (Å²) in [7, 11) is 0. The number of benzene rings is 1. The van der Waals surface area contributed by atoms with Crippen LogP contribution in [0.5, 0.6) is 0 Å². The van der Waals surface area contributed by atoms with Crippen molar-refractivity contribution in [2.45, 2.75) is 19.9 Å². The van der Waals surface area contributed by atoms with Crippen LogP contribution < -0.4 is 16.6 Å². The number of hydrogen-bond donors (Lipinski definition) is 2. The van der Waals surface area contributed by atoms with Crippen LogP contribution in [0.2, 0.25) is 0 Å². The number of carbonyl (C=O) groups is 1. The second-order valence-corrected chi connectivity index (χ2v) is 7.73. The summed E-state index contributed by atoms with van der Waals surface area (Å²) < 4.78 is 4.79. The fraction of sp³-hybridized carbons (Fsp3) is 0.120. The van der Waals surface area contributed by atoms with Crippen molar-refractivity contribution in [2.24, 2.45) is 0 Å². The molecule has 34 heavy (non-hydrogen) atoms. The molecule has 4 heterocycles. The van der Waals surface area contributed by atoms with Crippen LogP contribution in [0.1, 0.15) is 41.5 Å². The number of nitrogens with two attached hydrogens (primary N) is 1. The lowest BCUT2D eigenvalue weighted by atomic mass is 10.1. The number of nitrogen functional groups attached to an aromatic ring is 1. The van der Waals surface area contributed by atoms with Crippen LogP contribution in [0.3, 0.4) is 0 Å². The summed E-state index contributed by atoms with van der Waals surface area (Å²) in [6.07, 6.45) is 6.85. The minimum Gasteiger partial charge on any atom is -0.381 e. The Kier molecular flexibility index (Phi) is 5.11. The molecule has 1 amide bonds. The number of anilines is 1. The van der Waals surface area contributed by atoms with E-state index in [1.807, 2.05) is 43.5 Å². The highest BCUT2D eigenvalue weighted by atomic mass is 16.2. The first kappa shape index (κ1) is 21.0. The first-order valence-electron chi connectivity index (χ1n) is 10.6. The Morgan fingerprint density at radius 1 is 1.15 bits per heavy atom. The number of carbonyl (C=O) groups excluding carboxylic acids is 1. The Morgan fingerprint density at radius 3 is 2.71 bits per heavy atom. The summed E-state index contributed by atoms with van der Waals surface area (Å²) in [5, 5.41) is 7.11. The first-order chi connectivity index (χ1) is 16.5. The molecule has 4 aromatic heterocycles. The highest BCUT2D eigenvalue weighted by molar-refractivity contribution is 6.04. The fourth-order valence-electron chi connectivity index (χ4n) is 4.05. The molecule has 0 spiro atoms. The van der Waals surface area contributed by atoms with Gasteiger partial charge in [-0.15, -0.1) is 11.0 Å². The van der Waals surface area contributed by atoms with Gasteiger partial charge in [0.25, 0.3) is 11.5 Å². The van der Waals surface area contributed by atoms with Crippen molar-refractivity contribution in [3.63, 3.8) is 0 Å². The number of nitrogens with one attached hydrogen (secondary N) is 1. The van der Waals surface area contributed by atoms with Crippen LogP contribution in [0, 0.1) is 11.8 Å². The van der Waals surface area contributed by atoms with Gasteiger partial charge < -0.3 is 15.5 Å². The van der Waals surface area contributed by atoms with Crippen molar-refractivity contribution < 1.29 is 4.79 Å². The molecule has 9 nitrogen and oxygen atoms in total. The van der Waals surface area contributed by atoms with Crippen LogP contribution in [0.4, 0.5) is 5.82 Å². The zero-order chi connectivity index (χ0) is 23.8. The summed E-state index contributed by atoms with van der Waals surface area (Å²) in [4.78, 5) is 31.1. The van der Waals surface area contributed by atoms with Gasteiger partial charge in [-0.25, -0.2) is 9.50 Å². The van der Waals surface area contributed by atoms with Crippen molar-refractivity contribution >= 4 is 22.9 Å². The molecule has 9 heteroatoms. The Bertz CT molecular complexity index is 1670. The molecular formula is C25H21N7O2. The Morgan fingerprint density at radius 2 is 1.94 bits per heavy atom. The third-order valence-corrected chi connectivity index (χ3v) is 5.57. The van der Waals surface area contributed by atoms with Crippen molar-refractivity contribution in [3.05, 3.63) is 94.4 Å². The summed E-state index contributed by atoms with van der Waals surface area (Å²) >= 11 is 0. The molecule has 1 atom stereocenters. The molecular weight excluding hydrogens is 430 g/mol. The predicted octanol–water partition coefficient (Wildman–Crippen LogP) is 2.58.